The predicted octanol–water partition coefficient (Wildman–Crippen LogP) is 5.64. The number of hydrogen-bond acceptors (Lipinski definition) is 4. The van der Waals surface area contributed by atoms with Gasteiger partial charge in [-0.05, 0) is 68.3 Å². The van der Waals surface area contributed by atoms with Crippen molar-refractivity contribution in [2.45, 2.75) is 46.1 Å². The van der Waals surface area contributed by atoms with Crippen LogP contribution >= 0.6 is 0 Å². The maximum Gasteiger partial charge on any atom is 0.321 e. The number of benzene rings is 2. The topological polar surface area (TPSA) is 54.0 Å². The average molecular weight is 466 g/mol. The standard InChI is InChI=1S/C28H39N3O3/c1-22(2)21-34-25-10-6-4-8-23(25)20-30-16-12-28(13-17-30)14-18-31(19-15-28)27(32)29-24-9-5-7-11-26(24)33-3/h4-11,22H,12-21H2,1-3H3,(H,29,32). The molecule has 2 aliphatic rings. The number of piperidine rings is 2. The van der Waals surface area contributed by atoms with Gasteiger partial charge in [-0.15, -0.1) is 0 Å². The highest BCUT2D eigenvalue weighted by molar-refractivity contribution is 5.91. The second kappa shape index (κ2) is 11.1. The van der Waals surface area contributed by atoms with Gasteiger partial charge in [0.2, 0.25) is 0 Å². The minimum absolute atomic E-state index is 0.0326. The molecule has 2 saturated heterocycles. The molecule has 0 aromatic heterocycles. The van der Waals surface area contributed by atoms with E-state index in [0.29, 0.717) is 17.1 Å². The molecule has 2 aromatic carbocycles. The molecule has 0 saturated carbocycles. The molecule has 1 spiro atoms. The third-order valence-corrected chi connectivity index (χ3v) is 7.32. The van der Waals surface area contributed by atoms with Crippen LogP contribution in [-0.2, 0) is 6.54 Å². The van der Waals surface area contributed by atoms with Crippen LogP contribution in [0.1, 0.15) is 45.1 Å². The summed E-state index contributed by atoms with van der Waals surface area (Å²) < 4.78 is 11.4. The number of likely N-dealkylation sites (tertiary alicyclic amines) is 2. The molecule has 6 nitrogen and oxygen atoms in total. The Labute approximate surface area is 204 Å². The number of methoxy groups -OCH3 is 1. The van der Waals surface area contributed by atoms with E-state index in [1.165, 1.54) is 18.4 Å². The van der Waals surface area contributed by atoms with Crippen LogP contribution in [0.3, 0.4) is 0 Å². The molecular formula is C28H39N3O3. The number of nitrogens with one attached hydrogen (secondary N) is 1. The molecule has 184 valence electrons. The van der Waals surface area contributed by atoms with Crippen LogP contribution in [0, 0.1) is 11.3 Å². The van der Waals surface area contributed by atoms with E-state index in [2.05, 4.69) is 48.3 Å². The molecular weight excluding hydrogens is 426 g/mol. The van der Waals surface area contributed by atoms with Gasteiger partial charge < -0.3 is 19.7 Å². The second-order valence-electron chi connectivity index (χ2n) is 10.2. The summed E-state index contributed by atoms with van der Waals surface area (Å²) >= 11 is 0. The van der Waals surface area contributed by atoms with E-state index in [1.807, 2.05) is 29.2 Å². The van der Waals surface area contributed by atoms with Crippen molar-refractivity contribution in [2.75, 3.05) is 45.2 Å². The van der Waals surface area contributed by atoms with E-state index < -0.39 is 0 Å². The lowest BCUT2D eigenvalue weighted by Crippen LogP contribution is -2.49. The highest BCUT2D eigenvalue weighted by Crippen LogP contribution is 2.42. The molecule has 0 radical (unpaired) electrons. The van der Waals surface area contributed by atoms with Gasteiger partial charge in [-0.25, -0.2) is 4.79 Å². The summed E-state index contributed by atoms with van der Waals surface area (Å²) in [5.74, 6) is 2.23. The lowest BCUT2D eigenvalue weighted by atomic mass is 9.71. The van der Waals surface area contributed by atoms with Gasteiger partial charge in [0, 0.05) is 25.2 Å². The Kier molecular flexibility index (Phi) is 7.99. The zero-order chi connectivity index (χ0) is 24.0. The molecule has 4 rings (SSSR count). The summed E-state index contributed by atoms with van der Waals surface area (Å²) in [7, 11) is 1.62. The molecule has 0 atom stereocenters. The Morgan fingerprint density at radius 1 is 0.941 bits per heavy atom. The van der Waals surface area contributed by atoms with E-state index in [9.17, 15) is 4.79 Å². The van der Waals surface area contributed by atoms with Crippen molar-refractivity contribution in [1.29, 1.82) is 0 Å². The first kappa shape index (κ1) is 24.4. The number of para-hydroxylation sites is 3. The summed E-state index contributed by atoms with van der Waals surface area (Å²) in [4.78, 5) is 17.3. The third-order valence-electron chi connectivity index (χ3n) is 7.32. The van der Waals surface area contributed by atoms with Crippen LogP contribution in [-0.4, -0.2) is 55.7 Å². The van der Waals surface area contributed by atoms with E-state index >= 15 is 0 Å². The van der Waals surface area contributed by atoms with Gasteiger partial charge in [0.15, 0.2) is 0 Å². The lowest BCUT2D eigenvalue weighted by Gasteiger charge is -2.47. The minimum Gasteiger partial charge on any atom is -0.495 e. The summed E-state index contributed by atoms with van der Waals surface area (Å²) in [5, 5.41) is 3.02. The monoisotopic (exact) mass is 465 g/mol. The number of hydrogen-bond donors (Lipinski definition) is 1. The quantitative estimate of drug-likeness (QED) is 0.575. The number of nitrogens with zero attached hydrogens (tertiary/aromatic N) is 2. The maximum absolute atomic E-state index is 12.8. The highest BCUT2D eigenvalue weighted by atomic mass is 16.5. The van der Waals surface area contributed by atoms with Gasteiger partial charge in [0.25, 0.3) is 0 Å². The van der Waals surface area contributed by atoms with Crippen molar-refractivity contribution in [3.05, 3.63) is 54.1 Å². The summed E-state index contributed by atoms with van der Waals surface area (Å²) in [5.41, 5.74) is 2.37. The molecule has 34 heavy (non-hydrogen) atoms. The zero-order valence-corrected chi connectivity index (χ0v) is 20.9. The van der Waals surface area contributed by atoms with Crippen LogP contribution in [0.2, 0.25) is 0 Å². The average Bonchev–Trinajstić information content (AvgIpc) is 2.86. The molecule has 0 unspecified atom stereocenters. The summed E-state index contributed by atoms with van der Waals surface area (Å²) in [6.45, 7) is 9.89. The van der Waals surface area contributed by atoms with E-state index in [0.717, 1.165) is 63.6 Å². The van der Waals surface area contributed by atoms with E-state index in [-0.39, 0.29) is 6.03 Å². The number of rotatable bonds is 7. The molecule has 0 bridgehead atoms. The van der Waals surface area contributed by atoms with Crippen molar-refractivity contribution in [2.24, 2.45) is 11.3 Å². The van der Waals surface area contributed by atoms with Crippen molar-refractivity contribution in [3.63, 3.8) is 0 Å². The van der Waals surface area contributed by atoms with Crippen LogP contribution in [0.15, 0.2) is 48.5 Å². The van der Waals surface area contributed by atoms with Gasteiger partial charge in [0.05, 0.1) is 19.4 Å². The van der Waals surface area contributed by atoms with E-state index in [1.54, 1.807) is 7.11 Å². The van der Waals surface area contributed by atoms with Crippen molar-refractivity contribution >= 4 is 11.7 Å². The Morgan fingerprint density at radius 2 is 1.56 bits per heavy atom. The molecule has 2 fully saturated rings. The van der Waals surface area contributed by atoms with Crippen LogP contribution in [0.5, 0.6) is 11.5 Å². The number of amides is 2. The van der Waals surface area contributed by atoms with Crippen molar-refractivity contribution < 1.29 is 14.3 Å². The summed E-state index contributed by atoms with van der Waals surface area (Å²) in [6, 6.07) is 16.0. The Balaban J connectivity index is 1.26. The Morgan fingerprint density at radius 3 is 2.24 bits per heavy atom. The fraction of sp³-hybridized carbons (Fsp3) is 0.536. The fourth-order valence-electron chi connectivity index (χ4n) is 5.08. The third kappa shape index (κ3) is 6.03. The van der Waals surface area contributed by atoms with Gasteiger partial charge >= 0.3 is 6.03 Å². The van der Waals surface area contributed by atoms with Crippen LogP contribution in [0.25, 0.3) is 0 Å². The van der Waals surface area contributed by atoms with Gasteiger partial charge in [-0.1, -0.05) is 44.2 Å². The number of anilines is 1. The Bertz CT molecular complexity index is 943. The van der Waals surface area contributed by atoms with Crippen LogP contribution in [0.4, 0.5) is 10.5 Å². The minimum atomic E-state index is -0.0326. The molecule has 0 aliphatic carbocycles. The first-order chi connectivity index (χ1) is 16.5. The largest absolute Gasteiger partial charge is 0.495 e. The number of carbonyl (C=O) groups excluding carboxylic acids is 1. The SMILES string of the molecule is COc1ccccc1NC(=O)N1CCC2(CCN(Cc3ccccc3OCC(C)C)CC2)CC1. The number of urea groups is 1. The van der Waals surface area contributed by atoms with Crippen molar-refractivity contribution in [1.82, 2.24) is 9.80 Å². The number of ether oxygens (including phenoxy) is 2. The van der Waals surface area contributed by atoms with Gasteiger partial charge in [-0.2, -0.15) is 0 Å². The maximum atomic E-state index is 12.8. The smallest absolute Gasteiger partial charge is 0.321 e. The fourth-order valence-corrected chi connectivity index (χ4v) is 5.08. The van der Waals surface area contributed by atoms with Crippen LogP contribution < -0.4 is 14.8 Å². The highest BCUT2D eigenvalue weighted by Gasteiger charge is 2.38. The normalized spacial score (nSPS) is 18.2. The molecule has 2 aliphatic heterocycles. The van der Waals surface area contributed by atoms with Gasteiger partial charge in [0.1, 0.15) is 11.5 Å². The molecule has 6 heteroatoms. The van der Waals surface area contributed by atoms with Gasteiger partial charge in [-0.3, -0.25) is 4.90 Å². The second-order valence-corrected chi connectivity index (χ2v) is 10.2. The Hall–Kier alpha value is -2.73. The molecule has 2 amide bonds. The van der Waals surface area contributed by atoms with E-state index in [4.69, 9.17) is 9.47 Å². The lowest BCUT2D eigenvalue weighted by molar-refractivity contribution is 0.0439. The predicted molar refractivity (Wildman–Crippen MR) is 137 cm³/mol. The summed E-state index contributed by atoms with van der Waals surface area (Å²) in [6.07, 6.45) is 4.55. The molecule has 1 N–H and O–H groups in total. The first-order valence-electron chi connectivity index (χ1n) is 12.6. The first-order valence-corrected chi connectivity index (χ1v) is 12.6. The molecule has 2 aromatic rings. The number of carbonyl (C=O) groups is 1. The van der Waals surface area contributed by atoms with Crippen molar-refractivity contribution in [3.8, 4) is 11.5 Å². The zero-order valence-electron chi connectivity index (χ0n) is 20.9. The molecule has 2 heterocycles.